The predicted octanol–water partition coefficient (Wildman–Crippen LogP) is 2.28. The number of methoxy groups -OCH3 is 1. The first-order chi connectivity index (χ1) is 11.1. The van der Waals surface area contributed by atoms with Gasteiger partial charge >= 0.3 is 5.97 Å². The third kappa shape index (κ3) is 4.67. The summed E-state index contributed by atoms with van der Waals surface area (Å²) in [6.07, 6.45) is 2.93. The van der Waals surface area contributed by atoms with Gasteiger partial charge in [-0.25, -0.2) is 14.2 Å². The molecule has 0 radical (unpaired) electrons. The Morgan fingerprint density at radius 2 is 2.09 bits per heavy atom. The van der Waals surface area contributed by atoms with Crippen molar-refractivity contribution in [2.45, 2.75) is 0 Å². The number of likely N-dealkylation sites (N-methyl/N-ethyl adjacent to an activating group) is 1. The van der Waals surface area contributed by atoms with E-state index < -0.39 is 5.97 Å². The highest BCUT2D eigenvalue weighted by Crippen LogP contribution is 2.08. The average Bonchev–Trinajstić information content (AvgIpc) is 3.08. The van der Waals surface area contributed by atoms with Gasteiger partial charge in [0.25, 0.3) is 5.84 Å². The van der Waals surface area contributed by atoms with Gasteiger partial charge in [-0.2, -0.15) is 5.10 Å². The molecule has 0 spiro atoms. The van der Waals surface area contributed by atoms with Gasteiger partial charge in [-0.3, -0.25) is 5.43 Å². The second-order valence-electron chi connectivity index (χ2n) is 4.33. The van der Waals surface area contributed by atoms with Crippen LogP contribution in [0, 0.1) is 5.82 Å². The number of benzene rings is 1. The van der Waals surface area contributed by atoms with E-state index in [1.54, 1.807) is 12.1 Å². The number of amidine groups is 1. The van der Waals surface area contributed by atoms with E-state index in [9.17, 15) is 9.18 Å². The first-order valence-corrected chi connectivity index (χ1v) is 6.59. The van der Waals surface area contributed by atoms with Crippen molar-refractivity contribution in [3.8, 4) is 0 Å². The van der Waals surface area contributed by atoms with Crippen LogP contribution in [0.5, 0.6) is 0 Å². The number of carbonyl (C=O) groups is 1. The highest BCUT2D eigenvalue weighted by molar-refractivity contribution is 6.35. The largest absolute Gasteiger partial charge is 0.463 e. The number of hydrogen-bond acceptors (Lipinski definition) is 6. The monoisotopic (exact) mass is 318 g/mol. The molecule has 2 rings (SSSR count). The number of halogens is 1. The lowest BCUT2D eigenvalue weighted by molar-refractivity contribution is -0.133. The van der Waals surface area contributed by atoms with Crippen molar-refractivity contribution >= 4 is 23.7 Å². The lowest BCUT2D eigenvalue weighted by atomic mass is 10.3. The highest BCUT2D eigenvalue weighted by Gasteiger charge is 2.17. The van der Waals surface area contributed by atoms with E-state index in [-0.39, 0.29) is 11.7 Å². The molecule has 120 valence electrons. The Labute approximate surface area is 132 Å². The molecular weight excluding hydrogens is 303 g/mol. The standard InChI is InChI=1S/C15H15FN4O3/c1-20(17-10-13-4-3-9-23-13)14(15(21)22-2)19-18-12-7-5-11(16)6-8-12/h3-10,18H,1-2H3/b17-10+,19-14-. The van der Waals surface area contributed by atoms with Gasteiger partial charge < -0.3 is 9.15 Å². The second kappa shape index (κ2) is 7.74. The third-order valence-corrected chi connectivity index (χ3v) is 2.71. The van der Waals surface area contributed by atoms with E-state index in [0.29, 0.717) is 11.4 Å². The van der Waals surface area contributed by atoms with Gasteiger partial charge in [0.2, 0.25) is 0 Å². The molecule has 1 N–H and O–H groups in total. The van der Waals surface area contributed by atoms with Crippen LogP contribution in [-0.2, 0) is 9.53 Å². The number of ether oxygens (including phenoxy) is 1. The quantitative estimate of drug-likeness (QED) is 0.405. The minimum atomic E-state index is -0.682. The fourth-order valence-corrected chi connectivity index (χ4v) is 1.55. The van der Waals surface area contributed by atoms with Crippen LogP contribution in [-0.4, -0.2) is 37.2 Å². The lowest BCUT2D eigenvalue weighted by Crippen LogP contribution is -2.31. The predicted molar refractivity (Wildman–Crippen MR) is 83.5 cm³/mol. The van der Waals surface area contributed by atoms with Gasteiger partial charge in [-0.1, -0.05) is 0 Å². The Hall–Kier alpha value is -3.16. The second-order valence-corrected chi connectivity index (χ2v) is 4.33. The first kappa shape index (κ1) is 16.2. The van der Waals surface area contributed by atoms with Crippen LogP contribution in [0.3, 0.4) is 0 Å². The molecule has 7 nitrogen and oxygen atoms in total. The summed E-state index contributed by atoms with van der Waals surface area (Å²) in [7, 11) is 2.77. The zero-order valence-corrected chi connectivity index (χ0v) is 12.6. The number of nitrogens with zero attached hydrogens (tertiary/aromatic N) is 3. The lowest BCUT2D eigenvalue weighted by Gasteiger charge is -2.13. The number of hydrazone groups is 2. The fraction of sp³-hybridized carbons (Fsp3) is 0.133. The number of anilines is 1. The van der Waals surface area contributed by atoms with Crippen molar-refractivity contribution in [3.63, 3.8) is 0 Å². The SMILES string of the molecule is COC(=O)/C(=N/Nc1ccc(F)cc1)N(C)/N=C/c1ccco1. The Morgan fingerprint density at radius 1 is 1.35 bits per heavy atom. The summed E-state index contributed by atoms with van der Waals surface area (Å²) < 4.78 is 22.6. The average molecular weight is 318 g/mol. The summed E-state index contributed by atoms with van der Waals surface area (Å²) in [5, 5.41) is 9.22. The fourth-order valence-electron chi connectivity index (χ4n) is 1.55. The van der Waals surface area contributed by atoms with E-state index >= 15 is 0 Å². The number of hydrogen-bond donors (Lipinski definition) is 1. The van der Waals surface area contributed by atoms with Gasteiger partial charge in [0.05, 0.1) is 25.3 Å². The molecule has 2 aromatic rings. The zero-order chi connectivity index (χ0) is 16.7. The molecule has 0 unspecified atom stereocenters. The summed E-state index contributed by atoms with van der Waals surface area (Å²) in [4.78, 5) is 11.8. The Morgan fingerprint density at radius 3 is 2.70 bits per heavy atom. The van der Waals surface area contributed by atoms with Crippen molar-refractivity contribution in [2.75, 3.05) is 19.6 Å². The topological polar surface area (TPSA) is 79.4 Å². The molecule has 0 saturated carbocycles. The molecule has 0 aliphatic carbocycles. The maximum Gasteiger partial charge on any atom is 0.377 e. The van der Waals surface area contributed by atoms with Crippen molar-refractivity contribution in [2.24, 2.45) is 10.2 Å². The number of nitrogens with one attached hydrogen (secondary N) is 1. The molecule has 1 heterocycles. The molecule has 0 bridgehead atoms. The van der Waals surface area contributed by atoms with E-state index in [0.717, 1.165) is 0 Å². The Balaban J connectivity index is 2.13. The maximum atomic E-state index is 12.9. The molecule has 0 amide bonds. The van der Waals surface area contributed by atoms with Crippen LogP contribution >= 0.6 is 0 Å². The van der Waals surface area contributed by atoms with Crippen LogP contribution < -0.4 is 5.43 Å². The van der Waals surface area contributed by atoms with E-state index in [4.69, 9.17) is 4.42 Å². The molecule has 1 aromatic carbocycles. The molecule has 0 aliphatic heterocycles. The van der Waals surface area contributed by atoms with Crippen LogP contribution in [0.2, 0.25) is 0 Å². The Bertz CT molecular complexity index is 696. The van der Waals surface area contributed by atoms with Gasteiger partial charge in [0.15, 0.2) is 0 Å². The molecular formula is C15H15FN4O3. The zero-order valence-electron chi connectivity index (χ0n) is 12.6. The van der Waals surface area contributed by atoms with Gasteiger partial charge in [-0.15, -0.1) is 5.10 Å². The summed E-state index contributed by atoms with van der Waals surface area (Å²) in [6.45, 7) is 0. The van der Waals surface area contributed by atoms with E-state index in [1.807, 2.05) is 0 Å². The van der Waals surface area contributed by atoms with Crippen LogP contribution in [0.1, 0.15) is 5.76 Å². The molecule has 0 atom stereocenters. The van der Waals surface area contributed by atoms with Crippen molar-refractivity contribution < 1.29 is 18.3 Å². The van der Waals surface area contributed by atoms with Crippen molar-refractivity contribution in [3.05, 3.63) is 54.2 Å². The smallest absolute Gasteiger partial charge is 0.377 e. The first-order valence-electron chi connectivity index (χ1n) is 6.59. The van der Waals surface area contributed by atoms with E-state index in [1.165, 1.54) is 55.9 Å². The number of carbonyl (C=O) groups excluding carboxylic acids is 1. The normalized spacial score (nSPS) is 11.5. The van der Waals surface area contributed by atoms with Crippen molar-refractivity contribution in [1.82, 2.24) is 5.01 Å². The molecule has 0 fully saturated rings. The van der Waals surface area contributed by atoms with E-state index in [2.05, 4.69) is 20.4 Å². The minimum absolute atomic E-state index is 0.0837. The summed E-state index contributed by atoms with van der Waals surface area (Å²) >= 11 is 0. The number of esters is 1. The van der Waals surface area contributed by atoms with Gasteiger partial charge in [-0.05, 0) is 36.4 Å². The number of rotatable bonds is 4. The highest BCUT2D eigenvalue weighted by atomic mass is 19.1. The molecule has 0 aliphatic rings. The summed E-state index contributed by atoms with van der Waals surface area (Å²) in [5.41, 5.74) is 3.15. The molecule has 1 aromatic heterocycles. The summed E-state index contributed by atoms with van der Waals surface area (Å²) in [5.74, 6) is -0.612. The third-order valence-electron chi connectivity index (χ3n) is 2.71. The Kier molecular flexibility index (Phi) is 5.45. The van der Waals surface area contributed by atoms with Gasteiger partial charge in [0, 0.05) is 7.05 Å². The maximum absolute atomic E-state index is 12.9. The van der Waals surface area contributed by atoms with Gasteiger partial charge in [0.1, 0.15) is 11.6 Å². The molecule has 0 saturated heterocycles. The minimum Gasteiger partial charge on any atom is -0.463 e. The van der Waals surface area contributed by atoms with Crippen molar-refractivity contribution in [1.29, 1.82) is 0 Å². The molecule has 8 heteroatoms. The van der Waals surface area contributed by atoms with Crippen LogP contribution in [0.4, 0.5) is 10.1 Å². The number of furan rings is 1. The van der Waals surface area contributed by atoms with Crippen LogP contribution in [0.15, 0.2) is 57.3 Å². The summed E-state index contributed by atoms with van der Waals surface area (Å²) in [6, 6.07) is 8.94. The van der Waals surface area contributed by atoms with Crippen LogP contribution in [0.25, 0.3) is 0 Å². The molecule has 23 heavy (non-hydrogen) atoms.